The summed E-state index contributed by atoms with van der Waals surface area (Å²) in [4.78, 5) is 35.9. The summed E-state index contributed by atoms with van der Waals surface area (Å²) in [6, 6.07) is 16.4. The molecule has 0 radical (unpaired) electrons. The molecule has 0 bridgehead atoms. The number of fused-ring (bicyclic) bond motifs is 3. The lowest BCUT2D eigenvalue weighted by Crippen LogP contribution is -2.44. The molecule has 1 N–H and O–H groups in total. The number of carbonyl (C=O) groups excluding carboxylic acids is 2. The fourth-order valence-electron chi connectivity index (χ4n) is 3.67. The number of ether oxygens (including phenoxy) is 1. The van der Waals surface area contributed by atoms with E-state index in [4.69, 9.17) is 10.00 Å². The zero-order valence-corrected chi connectivity index (χ0v) is 18.3. The Bertz CT molecular complexity index is 1150. The van der Waals surface area contributed by atoms with Gasteiger partial charge in [0.15, 0.2) is 5.17 Å². The van der Waals surface area contributed by atoms with Crippen molar-refractivity contribution in [2.75, 3.05) is 12.9 Å². The molecule has 1 unspecified atom stereocenters. The number of carbonyl (C=O) groups is 2. The Balaban J connectivity index is 1.45. The molecule has 2 aromatic carbocycles. The van der Waals surface area contributed by atoms with Crippen molar-refractivity contribution in [2.24, 2.45) is 9.98 Å². The number of amides is 2. The summed E-state index contributed by atoms with van der Waals surface area (Å²) in [6.07, 6.45) is 0.445. The number of nitrogens with one attached hydrogen (secondary N) is 1. The Hall–Kier alpha value is -3.64. The largest absolute Gasteiger partial charge is 0.496 e. The highest BCUT2D eigenvalue weighted by molar-refractivity contribution is 8.14. The normalized spacial score (nSPS) is 16.4. The molecule has 0 aliphatic carbocycles. The quantitative estimate of drug-likeness (QED) is 0.699. The second kappa shape index (κ2) is 9.66. The molecule has 2 heterocycles. The standard InChI is InChI=1S/C23H21N5O3S/c1-31-19-9-5-2-6-15(19)14-25-20(29)11-10-18-22(30)27-21-16-7-3-4-8-17(16)26-23(28(18)21)32-13-12-24/h2-9,18H,10-11,13-14H2,1H3,(H,25,29). The van der Waals surface area contributed by atoms with E-state index in [1.54, 1.807) is 12.0 Å². The summed E-state index contributed by atoms with van der Waals surface area (Å²) in [5.41, 5.74) is 2.36. The van der Waals surface area contributed by atoms with Crippen LogP contribution in [0.1, 0.15) is 24.0 Å². The number of thioether (sulfide) groups is 1. The number of hydrogen-bond acceptors (Lipinski definition) is 7. The predicted octanol–water partition coefficient (Wildman–Crippen LogP) is 3.01. The highest BCUT2D eigenvalue weighted by Gasteiger charge is 2.41. The molecule has 9 heteroatoms. The summed E-state index contributed by atoms with van der Waals surface area (Å²) in [5, 5.41) is 12.4. The van der Waals surface area contributed by atoms with Crippen molar-refractivity contribution in [3.05, 3.63) is 59.7 Å². The van der Waals surface area contributed by atoms with Gasteiger partial charge in [0.05, 0.1) is 24.6 Å². The minimum Gasteiger partial charge on any atom is -0.496 e. The molecular weight excluding hydrogens is 426 g/mol. The first-order valence-corrected chi connectivity index (χ1v) is 11.1. The molecule has 162 valence electrons. The van der Waals surface area contributed by atoms with Crippen LogP contribution in [0, 0.1) is 11.3 Å². The molecular formula is C23H21N5O3S. The minimum absolute atomic E-state index is 0.155. The van der Waals surface area contributed by atoms with Crippen LogP contribution in [0.2, 0.25) is 0 Å². The van der Waals surface area contributed by atoms with E-state index in [0.717, 1.165) is 11.1 Å². The number of para-hydroxylation sites is 2. The van der Waals surface area contributed by atoms with Gasteiger partial charge in [0.1, 0.15) is 17.6 Å². The summed E-state index contributed by atoms with van der Waals surface area (Å²) in [7, 11) is 1.59. The van der Waals surface area contributed by atoms with Gasteiger partial charge in [-0.25, -0.2) is 4.99 Å². The lowest BCUT2D eigenvalue weighted by Gasteiger charge is -2.30. The molecule has 8 nitrogen and oxygen atoms in total. The molecule has 2 amide bonds. The fourth-order valence-corrected chi connectivity index (χ4v) is 4.38. The third-order valence-corrected chi connectivity index (χ3v) is 6.01. The van der Waals surface area contributed by atoms with Crippen molar-refractivity contribution in [1.29, 1.82) is 5.26 Å². The maximum atomic E-state index is 12.7. The maximum absolute atomic E-state index is 12.7. The molecule has 0 saturated carbocycles. The average Bonchev–Trinajstić information content (AvgIpc) is 3.16. The van der Waals surface area contributed by atoms with Crippen LogP contribution in [0.5, 0.6) is 5.75 Å². The summed E-state index contributed by atoms with van der Waals surface area (Å²) in [6.45, 7) is 0.338. The van der Waals surface area contributed by atoms with Gasteiger partial charge in [-0.15, -0.1) is 0 Å². The van der Waals surface area contributed by atoms with E-state index in [1.807, 2.05) is 48.5 Å². The van der Waals surface area contributed by atoms with Crippen LogP contribution in [0.15, 0.2) is 58.5 Å². The number of nitrogens with zero attached hydrogens (tertiary/aromatic N) is 4. The van der Waals surface area contributed by atoms with Gasteiger partial charge in [0.25, 0.3) is 5.91 Å². The fraction of sp³-hybridized carbons (Fsp3) is 0.261. The molecule has 1 atom stereocenters. The van der Waals surface area contributed by atoms with Crippen LogP contribution >= 0.6 is 11.8 Å². The Morgan fingerprint density at radius 2 is 2.00 bits per heavy atom. The van der Waals surface area contributed by atoms with Gasteiger partial charge in [-0.2, -0.15) is 10.3 Å². The van der Waals surface area contributed by atoms with Crippen LogP contribution in [0.3, 0.4) is 0 Å². The second-order valence-electron chi connectivity index (χ2n) is 7.15. The molecule has 4 rings (SSSR count). The molecule has 0 fully saturated rings. The van der Waals surface area contributed by atoms with E-state index >= 15 is 0 Å². The van der Waals surface area contributed by atoms with E-state index in [9.17, 15) is 9.59 Å². The van der Waals surface area contributed by atoms with Crippen molar-refractivity contribution in [2.45, 2.75) is 25.4 Å². The Morgan fingerprint density at radius 1 is 1.22 bits per heavy atom. The maximum Gasteiger partial charge on any atom is 0.270 e. The zero-order chi connectivity index (χ0) is 22.5. The average molecular weight is 448 g/mol. The Kier molecular flexibility index (Phi) is 6.52. The monoisotopic (exact) mass is 447 g/mol. The molecule has 0 spiro atoms. The molecule has 0 saturated heterocycles. The van der Waals surface area contributed by atoms with Gasteiger partial charge in [0.2, 0.25) is 5.91 Å². The SMILES string of the molecule is COc1ccccc1CNC(=O)CCC1C(=O)N=C2c3ccccc3N=C(SCC#N)N21. The van der Waals surface area contributed by atoms with Gasteiger partial charge in [-0.3, -0.25) is 14.5 Å². The number of benzene rings is 2. The molecule has 32 heavy (non-hydrogen) atoms. The zero-order valence-electron chi connectivity index (χ0n) is 17.4. The summed E-state index contributed by atoms with van der Waals surface area (Å²) in [5.74, 6) is 0.960. The third kappa shape index (κ3) is 4.36. The van der Waals surface area contributed by atoms with Crippen molar-refractivity contribution in [1.82, 2.24) is 10.2 Å². The van der Waals surface area contributed by atoms with E-state index in [1.165, 1.54) is 11.8 Å². The summed E-state index contributed by atoms with van der Waals surface area (Å²) >= 11 is 1.26. The number of nitriles is 1. The highest BCUT2D eigenvalue weighted by atomic mass is 32.2. The van der Waals surface area contributed by atoms with E-state index in [2.05, 4.69) is 21.4 Å². The van der Waals surface area contributed by atoms with Gasteiger partial charge in [-0.05, 0) is 24.6 Å². The number of rotatable bonds is 7. The van der Waals surface area contributed by atoms with Crippen LogP contribution in [-0.2, 0) is 16.1 Å². The molecule has 0 aromatic heterocycles. The highest BCUT2D eigenvalue weighted by Crippen LogP contribution is 2.35. The summed E-state index contributed by atoms with van der Waals surface area (Å²) < 4.78 is 5.31. The van der Waals surface area contributed by atoms with Crippen LogP contribution in [0.4, 0.5) is 5.69 Å². The Labute approximate surface area is 190 Å². The number of methoxy groups -OCH3 is 1. The van der Waals surface area contributed by atoms with Crippen LogP contribution in [0.25, 0.3) is 0 Å². The Morgan fingerprint density at radius 3 is 2.81 bits per heavy atom. The number of hydrogen-bond donors (Lipinski definition) is 1. The first-order chi connectivity index (χ1) is 15.6. The van der Waals surface area contributed by atoms with Crippen molar-refractivity contribution in [3.63, 3.8) is 0 Å². The van der Waals surface area contributed by atoms with Crippen molar-refractivity contribution in [3.8, 4) is 11.8 Å². The second-order valence-corrected chi connectivity index (χ2v) is 8.09. The smallest absolute Gasteiger partial charge is 0.270 e. The van der Waals surface area contributed by atoms with Gasteiger partial charge in [0, 0.05) is 24.1 Å². The van der Waals surface area contributed by atoms with Crippen LogP contribution in [-0.4, -0.2) is 46.6 Å². The van der Waals surface area contributed by atoms with Gasteiger partial charge in [-0.1, -0.05) is 42.1 Å². The number of aliphatic imine (C=N–C) groups is 2. The first-order valence-electron chi connectivity index (χ1n) is 10.1. The van der Waals surface area contributed by atoms with Crippen LogP contribution < -0.4 is 10.1 Å². The van der Waals surface area contributed by atoms with Crippen molar-refractivity contribution < 1.29 is 14.3 Å². The lowest BCUT2D eigenvalue weighted by atomic mass is 10.1. The third-order valence-electron chi connectivity index (χ3n) is 5.19. The van der Waals surface area contributed by atoms with E-state index in [0.29, 0.717) is 29.0 Å². The van der Waals surface area contributed by atoms with Gasteiger partial charge >= 0.3 is 0 Å². The van der Waals surface area contributed by atoms with Gasteiger partial charge < -0.3 is 10.1 Å². The van der Waals surface area contributed by atoms with E-state index < -0.39 is 6.04 Å². The number of amidine groups is 2. The topological polar surface area (TPSA) is 107 Å². The minimum atomic E-state index is -0.625. The van der Waals surface area contributed by atoms with Crippen molar-refractivity contribution >= 4 is 40.3 Å². The predicted molar refractivity (Wildman–Crippen MR) is 123 cm³/mol. The van der Waals surface area contributed by atoms with E-state index in [-0.39, 0.29) is 30.4 Å². The molecule has 2 aliphatic heterocycles. The first kappa shape index (κ1) is 21.6. The molecule has 2 aromatic rings. The molecule has 2 aliphatic rings. The lowest BCUT2D eigenvalue weighted by molar-refractivity contribution is -0.122.